The third kappa shape index (κ3) is 2.19. The molecule has 1 heterocycles. The molecule has 0 aliphatic carbocycles. The molecular weight excluding hydrogens is 220 g/mol. The largest absolute Gasteiger partial charge is 0.479 e. The summed E-state index contributed by atoms with van der Waals surface area (Å²) < 4.78 is 1.55. The van der Waals surface area contributed by atoms with Crippen molar-refractivity contribution in [2.24, 2.45) is 0 Å². The van der Waals surface area contributed by atoms with Crippen molar-refractivity contribution in [2.75, 3.05) is 0 Å². The van der Waals surface area contributed by atoms with Gasteiger partial charge in [-0.3, -0.25) is 0 Å². The highest BCUT2D eigenvalue weighted by Crippen LogP contribution is 2.21. The first-order valence-electron chi connectivity index (χ1n) is 5.11. The molecule has 5 nitrogen and oxygen atoms in total. The highest BCUT2D eigenvalue weighted by Gasteiger charge is 2.20. The van der Waals surface area contributed by atoms with Gasteiger partial charge in [-0.05, 0) is 18.6 Å². The molecule has 0 saturated heterocycles. The molecule has 0 aliphatic heterocycles. The lowest BCUT2D eigenvalue weighted by Crippen LogP contribution is -2.13. The van der Waals surface area contributed by atoms with Crippen LogP contribution in [0.15, 0.2) is 36.7 Å². The topological polar surface area (TPSA) is 75.3 Å². The standard InChI is InChI=1S/C12H12N2O3/c1-8-6-13-14(7-8)10-5-3-2-4-9(10)11(15)12(16)17/h2-7,11,15H,1H3,(H,16,17). The van der Waals surface area contributed by atoms with Gasteiger partial charge in [0.25, 0.3) is 0 Å². The fourth-order valence-corrected chi connectivity index (χ4v) is 1.60. The molecule has 17 heavy (non-hydrogen) atoms. The Balaban J connectivity index is 2.51. The quantitative estimate of drug-likeness (QED) is 0.836. The first-order chi connectivity index (χ1) is 8.09. The minimum absolute atomic E-state index is 0.322. The Bertz CT molecular complexity index is 548. The number of aliphatic hydroxyl groups excluding tert-OH is 1. The Morgan fingerprint density at radius 3 is 2.71 bits per heavy atom. The van der Waals surface area contributed by atoms with Crippen LogP contribution < -0.4 is 0 Å². The Labute approximate surface area is 97.9 Å². The van der Waals surface area contributed by atoms with Crippen molar-refractivity contribution in [3.63, 3.8) is 0 Å². The van der Waals surface area contributed by atoms with Gasteiger partial charge < -0.3 is 10.2 Å². The highest BCUT2D eigenvalue weighted by atomic mass is 16.4. The zero-order chi connectivity index (χ0) is 12.4. The van der Waals surface area contributed by atoms with Crippen molar-refractivity contribution in [3.8, 4) is 5.69 Å². The molecule has 1 aromatic heterocycles. The van der Waals surface area contributed by atoms with E-state index in [9.17, 15) is 9.90 Å². The summed E-state index contributed by atoms with van der Waals surface area (Å²) in [6.07, 6.45) is 1.90. The van der Waals surface area contributed by atoms with Crippen LogP contribution in [0.4, 0.5) is 0 Å². The molecule has 0 radical (unpaired) electrons. The number of carboxylic acids is 1. The van der Waals surface area contributed by atoms with Crippen LogP contribution in [0.2, 0.25) is 0 Å². The van der Waals surface area contributed by atoms with Crippen LogP contribution in [0.1, 0.15) is 17.2 Å². The number of hydrogen-bond acceptors (Lipinski definition) is 3. The van der Waals surface area contributed by atoms with Crippen LogP contribution in [0.5, 0.6) is 0 Å². The second kappa shape index (κ2) is 4.39. The number of nitrogens with zero attached hydrogens (tertiary/aromatic N) is 2. The molecule has 88 valence electrons. The Morgan fingerprint density at radius 2 is 2.12 bits per heavy atom. The first kappa shape index (κ1) is 11.3. The van der Waals surface area contributed by atoms with E-state index in [4.69, 9.17) is 5.11 Å². The smallest absolute Gasteiger partial charge is 0.337 e. The number of aryl methyl sites for hydroxylation is 1. The van der Waals surface area contributed by atoms with Crippen molar-refractivity contribution < 1.29 is 15.0 Å². The number of aliphatic carboxylic acids is 1. The second-order valence-corrected chi connectivity index (χ2v) is 3.76. The maximum absolute atomic E-state index is 10.8. The van der Waals surface area contributed by atoms with Gasteiger partial charge in [0.2, 0.25) is 0 Å². The van der Waals surface area contributed by atoms with E-state index in [0.717, 1.165) is 5.56 Å². The number of benzene rings is 1. The Morgan fingerprint density at radius 1 is 1.41 bits per heavy atom. The highest BCUT2D eigenvalue weighted by molar-refractivity contribution is 5.75. The van der Waals surface area contributed by atoms with Crippen LogP contribution in [0.3, 0.4) is 0 Å². The summed E-state index contributed by atoms with van der Waals surface area (Å²) in [6, 6.07) is 6.74. The van der Waals surface area contributed by atoms with Crippen molar-refractivity contribution in [3.05, 3.63) is 47.8 Å². The molecule has 0 spiro atoms. The van der Waals surface area contributed by atoms with E-state index in [1.165, 1.54) is 0 Å². The predicted octanol–water partition coefficient (Wildman–Crippen LogP) is 1.30. The van der Waals surface area contributed by atoms with Crippen LogP contribution in [-0.2, 0) is 4.79 Å². The number of aliphatic hydroxyl groups is 1. The molecule has 5 heteroatoms. The zero-order valence-corrected chi connectivity index (χ0v) is 9.24. The SMILES string of the molecule is Cc1cnn(-c2ccccc2C(O)C(=O)O)c1. The van der Waals surface area contributed by atoms with Gasteiger partial charge in [-0.1, -0.05) is 18.2 Å². The Hall–Kier alpha value is -2.14. The van der Waals surface area contributed by atoms with Gasteiger partial charge in [-0.15, -0.1) is 0 Å². The summed E-state index contributed by atoms with van der Waals surface area (Å²) >= 11 is 0. The minimum atomic E-state index is -1.55. The van der Waals surface area contributed by atoms with Crippen LogP contribution in [0.25, 0.3) is 5.69 Å². The average molecular weight is 232 g/mol. The zero-order valence-electron chi connectivity index (χ0n) is 9.24. The normalized spacial score (nSPS) is 12.4. The molecule has 0 aliphatic rings. The molecular formula is C12H12N2O3. The van der Waals surface area contributed by atoms with Crippen molar-refractivity contribution in [1.29, 1.82) is 0 Å². The summed E-state index contributed by atoms with van der Waals surface area (Å²) in [5.41, 5.74) is 1.85. The van der Waals surface area contributed by atoms with E-state index in [0.29, 0.717) is 11.3 Å². The maximum atomic E-state index is 10.8. The second-order valence-electron chi connectivity index (χ2n) is 3.76. The van der Waals surface area contributed by atoms with Gasteiger partial charge in [0.1, 0.15) is 0 Å². The third-order valence-electron chi connectivity index (χ3n) is 2.42. The van der Waals surface area contributed by atoms with Gasteiger partial charge in [0.05, 0.1) is 11.9 Å². The lowest BCUT2D eigenvalue weighted by atomic mass is 10.1. The van der Waals surface area contributed by atoms with E-state index in [-0.39, 0.29) is 0 Å². The molecule has 2 N–H and O–H groups in total. The van der Waals surface area contributed by atoms with E-state index >= 15 is 0 Å². The molecule has 0 amide bonds. The summed E-state index contributed by atoms with van der Waals surface area (Å²) in [5, 5.41) is 22.5. The number of carboxylic acid groups (broad SMARTS) is 1. The first-order valence-corrected chi connectivity index (χ1v) is 5.11. The minimum Gasteiger partial charge on any atom is -0.479 e. The molecule has 1 aromatic carbocycles. The number of para-hydroxylation sites is 1. The molecule has 1 atom stereocenters. The van der Waals surface area contributed by atoms with E-state index in [1.54, 1.807) is 41.3 Å². The Kier molecular flexibility index (Phi) is 2.93. The van der Waals surface area contributed by atoms with Crippen molar-refractivity contribution >= 4 is 5.97 Å². The lowest BCUT2D eigenvalue weighted by molar-refractivity contribution is -0.146. The fourth-order valence-electron chi connectivity index (χ4n) is 1.60. The van der Waals surface area contributed by atoms with Gasteiger partial charge in [0, 0.05) is 11.8 Å². The maximum Gasteiger partial charge on any atom is 0.337 e. The molecule has 2 rings (SSSR count). The summed E-state index contributed by atoms with van der Waals surface area (Å²) in [4.78, 5) is 10.8. The van der Waals surface area contributed by atoms with Gasteiger partial charge in [-0.2, -0.15) is 5.10 Å². The molecule has 2 aromatic rings. The summed E-state index contributed by atoms with van der Waals surface area (Å²) in [7, 11) is 0. The molecule has 0 bridgehead atoms. The molecule has 0 fully saturated rings. The summed E-state index contributed by atoms with van der Waals surface area (Å²) in [5.74, 6) is -1.28. The van der Waals surface area contributed by atoms with E-state index in [1.807, 2.05) is 6.92 Å². The monoisotopic (exact) mass is 232 g/mol. The number of hydrogen-bond donors (Lipinski definition) is 2. The molecule has 1 unspecified atom stereocenters. The summed E-state index contributed by atoms with van der Waals surface area (Å²) in [6.45, 7) is 1.89. The van der Waals surface area contributed by atoms with Crippen molar-refractivity contribution in [2.45, 2.75) is 13.0 Å². The number of aromatic nitrogens is 2. The number of carbonyl (C=O) groups is 1. The van der Waals surface area contributed by atoms with Gasteiger partial charge in [0.15, 0.2) is 6.10 Å². The van der Waals surface area contributed by atoms with E-state index in [2.05, 4.69) is 5.10 Å². The predicted molar refractivity (Wildman–Crippen MR) is 60.9 cm³/mol. The average Bonchev–Trinajstić information content (AvgIpc) is 2.74. The molecule has 0 saturated carbocycles. The third-order valence-corrected chi connectivity index (χ3v) is 2.42. The van der Waals surface area contributed by atoms with Crippen molar-refractivity contribution in [1.82, 2.24) is 9.78 Å². The van der Waals surface area contributed by atoms with Crippen LogP contribution in [-0.4, -0.2) is 26.0 Å². The van der Waals surface area contributed by atoms with Crippen LogP contribution in [0, 0.1) is 6.92 Å². The van der Waals surface area contributed by atoms with E-state index < -0.39 is 12.1 Å². The number of rotatable bonds is 3. The van der Waals surface area contributed by atoms with Gasteiger partial charge >= 0.3 is 5.97 Å². The van der Waals surface area contributed by atoms with Crippen LogP contribution >= 0.6 is 0 Å². The van der Waals surface area contributed by atoms with Gasteiger partial charge in [-0.25, -0.2) is 9.48 Å². The lowest BCUT2D eigenvalue weighted by Gasteiger charge is -2.11. The fraction of sp³-hybridized carbons (Fsp3) is 0.167.